The summed E-state index contributed by atoms with van der Waals surface area (Å²) in [7, 11) is -3.53. The Balaban J connectivity index is 1.84. The van der Waals surface area contributed by atoms with Crippen LogP contribution in [0.2, 0.25) is 0 Å². The van der Waals surface area contributed by atoms with Gasteiger partial charge in [0.2, 0.25) is 10.0 Å². The molecule has 1 heterocycles. The van der Waals surface area contributed by atoms with E-state index in [2.05, 4.69) is 9.71 Å². The number of oxazole rings is 1. The van der Waals surface area contributed by atoms with Gasteiger partial charge in [0.05, 0.1) is 17.0 Å². The van der Waals surface area contributed by atoms with Crippen LogP contribution >= 0.6 is 0 Å². The molecule has 0 bridgehead atoms. The zero-order chi connectivity index (χ0) is 14.9. The van der Waals surface area contributed by atoms with Crippen LogP contribution in [0.25, 0.3) is 11.1 Å². The highest BCUT2D eigenvalue weighted by molar-refractivity contribution is 7.91. The van der Waals surface area contributed by atoms with E-state index >= 15 is 0 Å². The number of hydrogen-bond acceptors (Lipinski definition) is 4. The Labute approximate surface area is 120 Å². The van der Waals surface area contributed by atoms with E-state index in [1.54, 1.807) is 36.4 Å². The molecule has 0 saturated carbocycles. The van der Waals surface area contributed by atoms with Crippen LogP contribution in [0.1, 0.15) is 5.56 Å². The highest BCUT2D eigenvalue weighted by Gasteiger charge is 2.12. The number of aromatic amines is 1. The summed E-state index contributed by atoms with van der Waals surface area (Å²) in [5, 5.41) is 0. The molecule has 3 aromatic rings. The predicted molar refractivity (Wildman–Crippen MR) is 79.5 cm³/mol. The third kappa shape index (κ3) is 3.14. The number of sulfonamides is 1. The van der Waals surface area contributed by atoms with Gasteiger partial charge in [-0.25, -0.2) is 13.2 Å². The Hall–Kier alpha value is -2.54. The second-order valence-electron chi connectivity index (χ2n) is 4.57. The molecule has 0 amide bonds. The highest BCUT2D eigenvalue weighted by atomic mass is 32.2. The van der Waals surface area contributed by atoms with Crippen molar-refractivity contribution in [2.24, 2.45) is 0 Å². The van der Waals surface area contributed by atoms with E-state index in [1.807, 2.05) is 6.07 Å². The maximum atomic E-state index is 12.1. The van der Waals surface area contributed by atoms with E-state index in [1.165, 1.54) is 6.07 Å². The van der Waals surface area contributed by atoms with Crippen molar-refractivity contribution in [1.29, 1.82) is 0 Å². The summed E-state index contributed by atoms with van der Waals surface area (Å²) < 4.78 is 31.6. The molecular formula is C14H12N2O4S. The molecule has 2 N–H and O–H groups in total. The average Bonchev–Trinajstić information content (AvgIpc) is 2.78. The SMILES string of the molecule is O=c1[nH]c2ccc(NS(=O)(=O)Cc3ccccc3)cc2o1. The second kappa shape index (κ2) is 5.10. The van der Waals surface area contributed by atoms with Gasteiger partial charge >= 0.3 is 5.76 Å². The molecule has 7 heteroatoms. The number of nitrogens with one attached hydrogen (secondary N) is 2. The summed E-state index contributed by atoms with van der Waals surface area (Å²) in [6.07, 6.45) is 0. The Bertz CT molecular complexity index is 926. The summed E-state index contributed by atoms with van der Waals surface area (Å²) in [5.41, 5.74) is 1.87. The second-order valence-corrected chi connectivity index (χ2v) is 6.29. The lowest BCUT2D eigenvalue weighted by Gasteiger charge is -2.07. The van der Waals surface area contributed by atoms with Gasteiger partial charge in [-0.15, -0.1) is 0 Å². The minimum Gasteiger partial charge on any atom is -0.408 e. The van der Waals surface area contributed by atoms with Gasteiger partial charge in [0.15, 0.2) is 5.58 Å². The lowest BCUT2D eigenvalue weighted by atomic mass is 10.2. The van der Waals surface area contributed by atoms with Gasteiger partial charge in [0, 0.05) is 6.07 Å². The van der Waals surface area contributed by atoms with Crippen molar-refractivity contribution in [3.8, 4) is 0 Å². The Morgan fingerprint density at radius 3 is 2.62 bits per heavy atom. The molecule has 0 aliphatic rings. The number of rotatable bonds is 4. The first kappa shape index (κ1) is 13.4. The first-order chi connectivity index (χ1) is 10.0. The van der Waals surface area contributed by atoms with Crippen molar-refractivity contribution in [2.75, 3.05) is 4.72 Å². The summed E-state index contributed by atoms with van der Waals surface area (Å²) in [6.45, 7) is 0. The Kier molecular flexibility index (Phi) is 3.26. The van der Waals surface area contributed by atoms with Crippen LogP contribution in [0.4, 0.5) is 5.69 Å². The molecular weight excluding hydrogens is 292 g/mol. The fourth-order valence-electron chi connectivity index (χ4n) is 2.02. The van der Waals surface area contributed by atoms with Crippen LogP contribution in [-0.4, -0.2) is 13.4 Å². The summed E-state index contributed by atoms with van der Waals surface area (Å²) in [5.74, 6) is -0.697. The molecule has 0 atom stereocenters. The van der Waals surface area contributed by atoms with Gasteiger partial charge < -0.3 is 4.42 Å². The Morgan fingerprint density at radius 2 is 1.86 bits per heavy atom. The van der Waals surface area contributed by atoms with Crippen LogP contribution in [0.15, 0.2) is 57.7 Å². The summed E-state index contributed by atoms with van der Waals surface area (Å²) in [4.78, 5) is 13.6. The van der Waals surface area contributed by atoms with Gasteiger partial charge in [0.1, 0.15) is 0 Å². The lowest BCUT2D eigenvalue weighted by molar-refractivity contribution is 0.555. The van der Waals surface area contributed by atoms with Gasteiger partial charge in [-0.2, -0.15) is 0 Å². The van der Waals surface area contributed by atoms with Gasteiger partial charge in [-0.05, 0) is 17.7 Å². The van der Waals surface area contributed by atoms with E-state index in [0.717, 1.165) is 0 Å². The normalized spacial score (nSPS) is 11.6. The van der Waals surface area contributed by atoms with Crippen LogP contribution in [0, 0.1) is 0 Å². The van der Waals surface area contributed by atoms with Crippen molar-refractivity contribution >= 4 is 26.8 Å². The van der Waals surface area contributed by atoms with E-state index in [0.29, 0.717) is 22.4 Å². The van der Waals surface area contributed by atoms with Gasteiger partial charge in [0.25, 0.3) is 0 Å². The smallest absolute Gasteiger partial charge is 0.408 e. The number of aromatic nitrogens is 1. The molecule has 0 unspecified atom stereocenters. The summed E-state index contributed by atoms with van der Waals surface area (Å²) in [6, 6.07) is 13.5. The quantitative estimate of drug-likeness (QED) is 0.771. The zero-order valence-electron chi connectivity index (χ0n) is 10.9. The molecule has 108 valence electrons. The maximum Gasteiger partial charge on any atom is 0.417 e. The summed E-state index contributed by atoms with van der Waals surface area (Å²) >= 11 is 0. The topological polar surface area (TPSA) is 92.2 Å². The molecule has 0 radical (unpaired) electrons. The minimum absolute atomic E-state index is 0.122. The highest BCUT2D eigenvalue weighted by Crippen LogP contribution is 2.18. The molecule has 0 saturated heterocycles. The maximum absolute atomic E-state index is 12.1. The van der Waals surface area contributed by atoms with Crippen LogP contribution in [-0.2, 0) is 15.8 Å². The van der Waals surface area contributed by atoms with Crippen LogP contribution in [0.5, 0.6) is 0 Å². The van der Waals surface area contributed by atoms with Gasteiger partial charge in [-0.1, -0.05) is 30.3 Å². The third-order valence-electron chi connectivity index (χ3n) is 2.89. The third-order valence-corrected chi connectivity index (χ3v) is 4.15. The Morgan fingerprint density at radius 1 is 1.10 bits per heavy atom. The largest absolute Gasteiger partial charge is 0.417 e. The first-order valence-corrected chi connectivity index (χ1v) is 7.84. The molecule has 0 aliphatic carbocycles. The molecule has 0 fully saturated rings. The van der Waals surface area contributed by atoms with Crippen molar-refractivity contribution in [2.45, 2.75) is 5.75 Å². The number of hydrogen-bond donors (Lipinski definition) is 2. The van der Waals surface area contributed by atoms with E-state index < -0.39 is 15.8 Å². The molecule has 0 aliphatic heterocycles. The van der Waals surface area contributed by atoms with Crippen LogP contribution in [0.3, 0.4) is 0 Å². The minimum atomic E-state index is -3.53. The molecule has 0 spiro atoms. The zero-order valence-corrected chi connectivity index (χ0v) is 11.7. The van der Waals surface area contributed by atoms with Gasteiger partial charge in [-0.3, -0.25) is 9.71 Å². The predicted octanol–water partition coefficient (Wildman–Crippen LogP) is 2.06. The molecule has 1 aromatic heterocycles. The molecule has 2 aromatic carbocycles. The molecule has 6 nitrogen and oxygen atoms in total. The van der Waals surface area contributed by atoms with Crippen molar-refractivity contribution in [3.63, 3.8) is 0 Å². The number of benzene rings is 2. The standard InChI is InChI=1S/C14H12N2O4S/c17-14-15-12-7-6-11(8-13(12)20-14)16-21(18,19)9-10-4-2-1-3-5-10/h1-8,16H,9H2,(H,15,17). The number of H-pyrrole nitrogens is 1. The molecule has 3 rings (SSSR count). The molecule has 21 heavy (non-hydrogen) atoms. The van der Waals surface area contributed by atoms with Crippen LogP contribution < -0.4 is 10.5 Å². The van der Waals surface area contributed by atoms with Crippen molar-refractivity contribution in [3.05, 3.63) is 64.6 Å². The van der Waals surface area contributed by atoms with E-state index in [-0.39, 0.29) is 5.75 Å². The lowest BCUT2D eigenvalue weighted by Crippen LogP contribution is -2.14. The van der Waals surface area contributed by atoms with E-state index in [9.17, 15) is 13.2 Å². The number of anilines is 1. The first-order valence-electron chi connectivity index (χ1n) is 6.19. The fraction of sp³-hybridized carbons (Fsp3) is 0.0714. The fourth-order valence-corrected chi connectivity index (χ4v) is 3.21. The van der Waals surface area contributed by atoms with Crippen molar-refractivity contribution in [1.82, 2.24) is 4.98 Å². The number of fused-ring (bicyclic) bond motifs is 1. The monoisotopic (exact) mass is 304 g/mol. The van der Waals surface area contributed by atoms with Crippen molar-refractivity contribution < 1.29 is 12.8 Å². The average molecular weight is 304 g/mol. The van der Waals surface area contributed by atoms with E-state index in [4.69, 9.17) is 4.42 Å².